The summed E-state index contributed by atoms with van der Waals surface area (Å²) in [6.45, 7) is 0.448. The quantitative estimate of drug-likeness (QED) is 0.610. The maximum atomic E-state index is 12.1. The van der Waals surface area contributed by atoms with Crippen LogP contribution in [-0.2, 0) is 4.74 Å². The van der Waals surface area contributed by atoms with Crippen molar-refractivity contribution in [2.24, 2.45) is 0 Å². The minimum Gasteiger partial charge on any atom is -0.461 e. The monoisotopic (exact) mass is 272 g/mol. The van der Waals surface area contributed by atoms with E-state index in [1.165, 1.54) is 0 Å². The van der Waals surface area contributed by atoms with E-state index in [1.54, 1.807) is 11.8 Å². The highest BCUT2D eigenvalue weighted by Crippen LogP contribution is 2.23. The van der Waals surface area contributed by atoms with Crippen molar-refractivity contribution in [3.63, 3.8) is 0 Å². The van der Waals surface area contributed by atoms with E-state index in [1.807, 2.05) is 60.9 Å². The second kappa shape index (κ2) is 7.00. The Morgan fingerprint density at radius 3 is 2.47 bits per heavy atom. The molecule has 0 bridgehead atoms. The fourth-order valence-electron chi connectivity index (χ4n) is 1.83. The third-order valence-corrected chi connectivity index (χ3v) is 3.33. The molecule has 0 aliphatic carbocycles. The van der Waals surface area contributed by atoms with Crippen LogP contribution in [0, 0.1) is 0 Å². The van der Waals surface area contributed by atoms with Crippen molar-refractivity contribution < 1.29 is 9.53 Å². The highest BCUT2D eigenvalue weighted by Gasteiger charge is 2.12. The summed E-state index contributed by atoms with van der Waals surface area (Å²) in [4.78, 5) is 12.1. The molecule has 2 rings (SSSR count). The fraction of sp³-hybridized carbons (Fsp3) is 0.188. The molecule has 0 aliphatic rings. The Morgan fingerprint density at radius 1 is 1.05 bits per heavy atom. The van der Waals surface area contributed by atoms with Gasteiger partial charge in [0, 0.05) is 5.75 Å². The molecule has 2 aromatic rings. The summed E-state index contributed by atoms with van der Waals surface area (Å²) in [5.74, 6) is 0.563. The molecule has 0 N–H and O–H groups in total. The van der Waals surface area contributed by atoms with Gasteiger partial charge < -0.3 is 4.74 Å². The highest BCUT2D eigenvalue weighted by molar-refractivity contribution is 7.98. The van der Waals surface area contributed by atoms with E-state index in [0.29, 0.717) is 12.2 Å². The highest BCUT2D eigenvalue weighted by atomic mass is 32.2. The zero-order valence-electron chi connectivity index (χ0n) is 10.8. The molecular weight excluding hydrogens is 256 g/mol. The van der Waals surface area contributed by atoms with Gasteiger partial charge >= 0.3 is 5.97 Å². The molecule has 0 unspecified atom stereocenters. The van der Waals surface area contributed by atoms with Gasteiger partial charge in [0.2, 0.25) is 0 Å². The van der Waals surface area contributed by atoms with Crippen LogP contribution in [0.2, 0.25) is 0 Å². The summed E-state index contributed by atoms with van der Waals surface area (Å²) < 4.78 is 5.27. The molecule has 0 aliphatic heterocycles. The Labute approximate surface area is 117 Å². The standard InChI is InChI=1S/C16H16O2S/c1-19-12-11-18-16(17)15-10-6-5-9-14(15)13-7-3-2-4-8-13/h2-10H,11-12H2,1H3. The number of carbonyl (C=O) groups excluding carboxylic acids is 1. The second-order valence-electron chi connectivity index (χ2n) is 4.04. The number of ether oxygens (including phenoxy) is 1. The van der Waals surface area contributed by atoms with Crippen molar-refractivity contribution in [3.8, 4) is 11.1 Å². The van der Waals surface area contributed by atoms with Gasteiger partial charge in [-0.25, -0.2) is 4.79 Å². The summed E-state index contributed by atoms with van der Waals surface area (Å²) >= 11 is 1.66. The predicted molar refractivity (Wildman–Crippen MR) is 80.5 cm³/mol. The van der Waals surface area contributed by atoms with E-state index in [4.69, 9.17) is 4.74 Å². The molecule has 3 heteroatoms. The largest absolute Gasteiger partial charge is 0.461 e. The van der Waals surface area contributed by atoms with E-state index in [9.17, 15) is 4.79 Å². The van der Waals surface area contributed by atoms with Gasteiger partial charge in [0.15, 0.2) is 0 Å². The smallest absolute Gasteiger partial charge is 0.338 e. The number of esters is 1. The zero-order valence-corrected chi connectivity index (χ0v) is 11.7. The van der Waals surface area contributed by atoms with Crippen LogP contribution >= 0.6 is 11.8 Å². The molecule has 0 amide bonds. The lowest BCUT2D eigenvalue weighted by molar-refractivity contribution is 0.0531. The second-order valence-corrected chi connectivity index (χ2v) is 5.03. The van der Waals surface area contributed by atoms with E-state index >= 15 is 0 Å². The van der Waals surface area contributed by atoms with Crippen LogP contribution in [0.4, 0.5) is 0 Å². The number of carbonyl (C=O) groups is 1. The van der Waals surface area contributed by atoms with E-state index in [0.717, 1.165) is 16.9 Å². The third-order valence-electron chi connectivity index (χ3n) is 2.75. The Morgan fingerprint density at radius 2 is 1.74 bits per heavy atom. The van der Waals surface area contributed by atoms with Gasteiger partial charge in [0.05, 0.1) is 5.56 Å². The zero-order chi connectivity index (χ0) is 13.5. The number of benzene rings is 2. The first kappa shape index (κ1) is 13.7. The van der Waals surface area contributed by atoms with Crippen LogP contribution in [0.3, 0.4) is 0 Å². The molecule has 0 atom stereocenters. The molecule has 0 aromatic heterocycles. The summed E-state index contributed by atoms with van der Waals surface area (Å²) in [6, 6.07) is 17.4. The van der Waals surface area contributed by atoms with Crippen LogP contribution < -0.4 is 0 Å². The number of hydrogen-bond donors (Lipinski definition) is 0. The van der Waals surface area contributed by atoms with Gasteiger partial charge in [-0.3, -0.25) is 0 Å². The van der Waals surface area contributed by atoms with Gasteiger partial charge in [0.1, 0.15) is 6.61 Å². The molecule has 0 fully saturated rings. The predicted octanol–water partition coefficient (Wildman–Crippen LogP) is 3.87. The average molecular weight is 272 g/mol. The van der Waals surface area contributed by atoms with Crippen molar-refractivity contribution in [1.29, 1.82) is 0 Å². The van der Waals surface area contributed by atoms with E-state index < -0.39 is 0 Å². The maximum absolute atomic E-state index is 12.1. The molecule has 0 heterocycles. The Hall–Kier alpha value is -1.74. The minimum atomic E-state index is -0.256. The first-order chi connectivity index (χ1) is 9.33. The van der Waals surface area contributed by atoms with Crippen molar-refractivity contribution in [2.45, 2.75) is 0 Å². The summed E-state index contributed by atoms with van der Waals surface area (Å²) in [7, 11) is 0. The van der Waals surface area contributed by atoms with Gasteiger partial charge in [-0.05, 0) is 23.4 Å². The number of rotatable bonds is 5. The fourth-order valence-corrected chi connectivity index (χ4v) is 2.08. The Balaban J connectivity index is 2.24. The molecule has 98 valence electrons. The molecule has 0 saturated carbocycles. The first-order valence-electron chi connectivity index (χ1n) is 6.13. The SMILES string of the molecule is CSCCOC(=O)c1ccccc1-c1ccccc1. The van der Waals surface area contributed by atoms with Crippen molar-refractivity contribution in [2.75, 3.05) is 18.6 Å². The summed E-state index contributed by atoms with van der Waals surface area (Å²) in [6.07, 6.45) is 1.99. The van der Waals surface area contributed by atoms with Crippen LogP contribution in [-0.4, -0.2) is 24.6 Å². The molecule has 19 heavy (non-hydrogen) atoms. The van der Waals surface area contributed by atoms with Gasteiger partial charge in [-0.15, -0.1) is 0 Å². The Bertz CT molecular complexity index is 537. The molecule has 2 nitrogen and oxygen atoms in total. The maximum Gasteiger partial charge on any atom is 0.338 e. The van der Waals surface area contributed by atoms with Crippen LogP contribution in [0.25, 0.3) is 11.1 Å². The Kier molecular flexibility index (Phi) is 5.04. The topological polar surface area (TPSA) is 26.3 Å². The minimum absolute atomic E-state index is 0.256. The normalized spacial score (nSPS) is 10.2. The third kappa shape index (κ3) is 3.61. The van der Waals surface area contributed by atoms with Crippen molar-refractivity contribution in [1.82, 2.24) is 0 Å². The van der Waals surface area contributed by atoms with Crippen LogP contribution in [0.1, 0.15) is 10.4 Å². The van der Waals surface area contributed by atoms with Gasteiger partial charge in [-0.1, -0.05) is 48.5 Å². The average Bonchev–Trinajstić information content (AvgIpc) is 2.48. The summed E-state index contributed by atoms with van der Waals surface area (Å²) in [5, 5.41) is 0. The van der Waals surface area contributed by atoms with Gasteiger partial charge in [0.25, 0.3) is 0 Å². The first-order valence-corrected chi connectivity index (χ1v) is 7.53. The number of thioether (sulfide) groups is 1. The lowest BCUT2D eigenvalue weighted by Gasteiger charge is -2.09. The molecule has 0 saturated heterocycles. The van der Waals surface area contributed by atoms with Crippen LogP contribution in [0.15, 0.2) is 54.6 Å². The summed E-state index contributed by atoms with van der Waals surface area (Å²) in [5.41, 5.74) is 2.56. The lowest BCUT2D eigenvalue weighted by atomic mass is 10.00. The number of hydrogen-bond acceptors (Lipinski definition) is 3. The van der Waals surface area contributed by atoms with E-state index in [2.05, 4.69) is 0 Å². The van der Waals surface area contributed by atoms with E-state index in [-0.39, 0.29) is 5.97 Å². The van der Waals surface area contributed by atoms with Crippen LogP contribution in [0.5, 0.6) is 0 Å². The molecule has 2 aromatic carbocycles. The molecule has 0 radical (unpaired) electrons. The van der Waals surface area contributed by atoms with Crippen molar-refractivity contribution >= 4 is 17.7 Å². The van der Waals surface area contributed by atoms with Gasteiger partial charge in [-0.2, -0.15) is 11.8 Å². The lowest BCUT2D eigenvalue weighted by Crippen LogP contribution is -2.09. The molecule has 0 spiro atoms. The van der Waals surface area contributed by atoms with Crippen molar-refractivity contribution in [3.05, 3.63) is 60.2 Å². The molecular formula is C16H16O2S.